The van der Waals surface area contributed by atoms with Gasteiger partial charge in [0, 0.05) is 86.8 Å². The number of rotatable bonds is 25. The lowest BCUT2D eigenvalue weighted by molar-refractivity contribution is 0.414. The maximum absolute atomic E-state index is 5.69. The highest BCUT2D eigenvalue weighted by atomic mass is 16.5. The summed E-state index contributed by atoms with van der Waals surface area (Å²) < 4.78 is 48.0. The average Bonchev–Trinajstić information content (AvgIpc) is 1.66. The average molecular weight is 1210 g/mol. The Labute approximate surface area is 534 Å². The van der Waals surface area contributed by atoms with E-state index in [4.69, 9.17) is 37.9 Å². The lowest BCUT2D eigenvalue weighted by atomic mass is 9.97. The number of benzene rings is 10. The maximum atomic E-state index is 5.69. The zero-order valence-corrected chi connectivity index (χ0v) is 53.0. The van der Waals surface area contributed by atoms with Crippen LogP contribution in [0, 0.1) is 0 Å². The van der Waals surface area contributed by atoms with E-state index in [-0.39, 0.29) is 0 Å². The van der Waals surface area contributed by atoms with Gasteiger partial charge in [0.25, 0.3) is 0 Å². The summed E-state index contributed by atoms with van der Waals surface area (Å²) in [5, 5.41) is 2.18. The molecule has 0 atom stereocenters. The number of hydrogen-bond acceptors (Lipinski definition) is 10. The Hall–Kier alpha value is -11.0. The molecule has 0 unspecified atom stereocenters. The number of aryl methyl sites for hydroxylation is 1. The first-order valence-electron chi connectivity index (χ1n) is 30.3. The van der Waals surface area contributed by atoms with Gasteiger partial charge in [0.05, 0.1) is 56.9 Å². The van der Waals surface area contributed by atoms with E-state index in [1.807, 2.05) is 97.1 Å². The fourth-order valence-electron chi connectivity index (χ4n) is 11.3. The lowest BCUT2D eigenvalue weighted by Gasteiger charge is -2.23. The summed E-state index contributed by atoms with van der Waals surface area (Å²) in [7, 11) is 13.5. The molecule has 1 aromatic heterocycles. The Morgan fingerprint density at radius 1 is 0.286 bits per heavy atom. The largest absolute Gasteiger partial charge is 0.497 e. The van der Waals surface area contributed by atoms with Crippen LogP contribution in [-0.4, -0.2) is 61.4 Å². The molecule has 1 heterocycles. The van der Waals surface area contributed by atoms with Crippen LogP contribution in [0.2, 0.25) is 0 Å². The Kier molecular flexibility index (Phi) is 19.5. The number of anilines is 2. The van der Waals surface area contributed by atoms with E-state index < -0.39 is 0 Å². The van der Waals surface area contributed by atoms with Gasteiger partial charge < -0.3 is 52.3 Å². The van der Waals surface area contributed by atoms with E-state index in [2.05, 4.69) is 180 Å². The van der Waals surface area contributed by atoms with Gasteiger partial charge in [0.2, 0.25) is 0 Å². The Morgan fingerprint density at radius 3 is 0.659 bits per heavy atom. The van der Waals surface area contributed by atoms with Gasteiger partial charge in [-0.1, -0.05) is 110 Å². The molecule has 11 rings (SSSR count). The summed E-state index contributed by atoms with van der Waals surface area (Å²) in [5.74, 6) is 6.11. The Morgan fingerprint density at radius 2 is 0.484 bits per heavy atom. The molecule has 0 saturated heterocycles. The normalized spacial score (nSPS) is 10.8. The van der Waals surface area contributed by atoms with Crippen molar-refractivity contribution in [3.63, 3.8) is 0 Å². The van der Waals surface area contributed by atoms with E-state index >= 15 is 0 Å². The number of unbranched alkanes of at least 4 members (excludes halogenated alkanes) is 1. The van der Waals surface area contributed by atoms with Gasteiger partial charge in [-0.05, 0) is 184 Å². The van der Waals surface area contributed by atoms with Gasteiger partial charge >= 0.3 is 0 Å². The third kappa shape index (κ3) is 14.0. The zero-order chi connectivity index (χ0) is 63.2. The summed E-state index contributed by atoms with van der Waals surface area (Å²) in [6.07, 6.45) is 11.0. The van der Waals surface area contributed by atoms with Crippen LogP contribution in [-0.2, 0) is 6.54 Å². The number of ether oxygens (including phenoxy) is 8. The van der Waals surface area contributed by atoms with Crippen molar-refractivity contribution in [2.45, 2.75) is 26.3 Å². The van der Waals surface area contributed by atoms with Crippen molar-refractivity contribution in [3.05, 3.63) is 300 Å². The molecule has 91 heavy (non-hydrogen) atoms. The van der Waals surface area contributed by atoms with Gasteiger partial charge in [0.15, 0.2) is 0 Å². The highest BCUT2D eigenvalue weighted by Crippen LogP contribution is 2.40. The van der Waals surface area contributed by atoms with E-state index in [0.29, 0.717) is 0 Å². The van der Waals surface area contributed by atoms with Crippen LogP contribution in [0.3, 0.4) is 0 Å². The number of nitrogens with zero attached hydrogens (tertiary/aromatic N) is 3. The van der Waals surface area contributed by atoms with Gasteiger partial charge in [-0.2, -0.15) is 0 Å². The number of hydrogen-bond donors (Lipinski definition) is 0. The molecule has 11 nitrogen and oxygen atoms in total. The molecule has 0 spiro atoms. The van der Waals surface area contributed by atoms with Gasteiger partial charge in [-0.15, -0.1) is 0 Å². The van der Waals surface area contributed by atoms with Gasteiger partial charge in [-0.3, -0.25) is 0 Å². The van der Waals surface area contributed by atoms with Crippen molar-refractivity contribution in [2.24, 2.45) is 0 Å². The van der Waals surface area contributed by atoms with Crippen LogP contribution in [0.25, 0.3) is 44.1 Å². The standard InChI is InChI=1S/C80H75N3O8/c1-10-11-48-83-79-46-28-63(81(51-75(55-12-30-65(84-2)31-13-55)56-14-32-66(85-3)33-15-56)52-76(57-16-34-67(86-4)35-17-57)58-18-36-68(87-5)37-19-58)49-73(79)74-50-64(29-47-80(74)83)82(53-77(59-20-38-69(88-6)39-21-59)60-22-40-70(89-7)41-23-60)54-78(61-24-42-71(90-8)43-25-61)62-26-44-72(91-9)45-27-62/h12-47,49-54H,10-11,48H2,1-9H3. The molecule has 0 aliphatic heterocycles. The lowest BCUT2D eigenvalue weighted by Crippen LogP contribution is -2.11. The van der Waals surface area contributed by atoms with Crippen molar-refractivity contribution in [3.8, 4) is 46.0 Å². The SMILES string of the molecule is CCCCn1c2ccc(N(C=C(c3ccc(OC)cc3)c3ccc(OC)cc3)C=C(c3ccc(OC)cc3)c3ccc(OC)cc3)cc2c2cc(N(C=C(c3ccc(OC)cc3)c3ccc(OC)cc3)C=C(c3ccc(OC)cc3)c3ccc(OC)cc3)ccc21. The highest BCUT2D eigenvalue weighted by Gasteiger charge is 2.20. The molecule has 458 valence electrons. The summed E-state index contributed by atoms with van der Waals surface area (Å²) in [6.45, 7) is 3.08. The predicted molar refractivity (Wildman–Crippen MR) is 372 cm³/mol. The molecule has 0 aliphatic carbocycles. The Balaban J connectivity index is 1.20. The fourth-order valence-corrected chi connectivity index (χ4v) is 11.3. The minimum atomic E-state index is 0.764. The maximum Gasteiger partial charge on any atom is 0.118 e. The summed E-state index contributed by atoms with van der Waals surface area (Å²) in [4.78, 5) is 4.52. The Bertz CT molecular complexity index is 3660. The third-order valence-corrected chi connectivity index (χ3v) is 16.4. The van der Waals surface area contributed by atoms with Gasteiger partial charge in [-0.25, -0.2) is 0 Å². The monoisotopic (exact) mass is 1210 g/mol. The first-order chi connectivity index (χ1) is 44.6. The first kappa shape index (κ1) is 61.6. The molecule has 0 aliphatic rings. The molecule has 0 saturated carbocycles. The topological polar surface area (TPSA) is 85.3 Å². The summed E-state index contributed by atoms with van der Waals surface area (Å²) in [6, 6.07) is 79.5. The molecule has 0 N–H and O–H groups in total. The summed E-state index contributed by atoms with van der Waals surface area (Å²) >= 11 is 0. The molecule has 0 amide bonds. The molecule has 0 bridgehead atoms. The van der Waals surface area contributed by atoms with E-state index in [1.54, 1.807) is 56.9 Å². The van der Waals surface area contributed by atoms with E-state index in [1.165, 1.54) is 0 Å². The molecule has 11 aromatic rings. The second kappa shape index (κ2) is 28.9. The minimum Gasteiger partial charge on any atom is -0.497 e. The predicted octanol–water partition coefficient (Wildman–Crippen LogP) is 18.6. The second-order valence-electron chi connectivity index (χ2n) is 21.7. The van der Waals surface area contributed by atoms with Crippen LogP contribution in [0.5, 0.6) is 46.0 Å². The smallest absolute Gasteiger partial charge is 0.118 e. The van der Waals surface area contributed by atoms with Crippen LogP contribution in [0.4, 0.5) is 11.4 Å². The van der Waals surface area contributed by atoms with E-state index in [0.717, 1.165) is 165 Å². The van der Waals surface area contributed by atoms with Crippen molar-refractivity contribution >= 4 is 55.5 Å². The van der Waals surface area contributed by atoms with Crippen molar-refractivity contribution < 1.29 is 37.9 Å². The van der Waals surface area contributed by atoms with Crippen molar-refractivity contribution in [1.82, 2.24) is 4.57 Å². The third-order valence-electron chi connectivity index (χ3n) is 16.4. The number of fused-ring (bicyclic) bond motifs is 3. The van der Waals surface area contributed by atoms with Crippen LogP contribution in [0.1, 0.15) is 64.3 Å². The second-order valence-corrected chi connectivity index (χ2v) is 21.7. The fraction of sp³-hybridized carbons (Fsp3) is 0.150. The zero-order valence-electron chi connectivity index (χ0n) is 53.0. The molecular formula is C80H75N3O8. The summed E-state index contributed by atoms with van der Waals surface area (Å²) in [5.41, 5.74) is 16.0. The van der Waals surface area contributed by atoms with Crippen LogP contribution < -0.4 is 47.7 Å². The quantitative estimate of drug-likeness (QED) is 0.0552. The highest BCUT2D eigenvalue weighted by molar-refractivity contribution is 6.11. The number of methoxy groups -OCH3 is 8. The van der Waals surface area contributed by atoms with E-state index in [9.17, 15) is 0 Å². The molecule has 10 aromatic carbocycles. The molecule has 0 fully saturated rings. The van der Waals surface area contributed by atoms with Crippen LogP contribution >= 0.6 is 0 Å². The number of aromatic nitrogens is 1. The van der Waals surface area contributed by atoms with Gasteiger partial charge in [0.1, 0.15) is 46.0 Å². The molecule has 11 heteroatoms. The van der Waals surface area contributed by atoms with Crippen LogP contribution in [0.15, 0.2) is 255 Å². The van der Waals surface area contributed by atoms with Crippen molar-refractivity contribution in [1.29, 1.82) is 0 Å². The molecule has 0 radical (unpaired) electrons. The molecular weight excluding hydrogens is 1130 g/mol. The minimum absolute atomic E-state index is 0.764. The first-order valence-corrected chi connectivity index (χ1v) is 30.3. The van der Waals surface area contributed by atoms with Crippen molar-refractivity contribution in [2.75, 3.05) is 66.7 Å².